The number of phenolic OH excluding ortho intramolecular Hbond substituents is 1. The molecule has 0 radical (unpaired) electrons. The molecule has 0 fully saturated rings. The van der Waals surface area contributed by atoms with Gasteiger partial charge in [0, 0.05) is 17.5 Å². The zero-order valence-corrected chi connectivity index (χ0v) is 17.5. The molecule has 5 N–H and O–H groups in total. The highest BCUT2D eigenvalue weighted by Gasteiger charge is 2.43. The number of amides is 2. The summed E-state index contributed by atoms with van der Waals surface area (Å²) in [5.74, 6) is -2.21. The molecule has 3 heterocycles. The number of anilines is 1. The number of nitrogens with two attached hydrogens (primary N) is 2. The van der Waals surface area contributed by atoms with Crippen LogP contribution in [0.3, 0.4) is 0 Å². The van der Waals surface area contributed by atoms with Crippen molar-refractivity contribution in [2.75, 3.05) is 12.3 Å². The Kier molecular flexibility index (Phi) is 4.61. The first kappa shape index (κ1) is 21.5. The monoisotopic (exact) mass is 447 g/mol. The van der Waals surface area contributed by atoms with Crippen LogP contribution in [0.5, 0.6) is 5.75 Å². The van der Waals surface area contributed by atoms with Gasteiger partial charge in [-0.2, -0.15) is 13.2 Å². The maximum Gasteiger partial charge on any atom is 0.434 e. The summed E-state index contributed by atoms with van der Waals surface area (Å²) in [5.41, 5.74) is 10.5. The summed E-state index contributed by atoms with van der Waals surface area (Å²) in [6.45, 7) is 5.06. The third-order valence-electron chi connectivity index (χ3n) is 5.78. The molecule has 8 nitrogen and oxygen atoms in total. The van der Waals surface area contributed by atoms with Gasteiger partial charge >= 0.3 is 6.18 Å². The van der Waals surface area contributed by atoms with E-state index in [1.807, 2.05) is 0 Å². The van der Waals surface area contributed by atoms with E-state index in [1.54, 1.807) is 26.8 Å². The molecule has 0 saturated carbocycles. The highest BCUT2D eigenvalue weighted by Crippen LogP contribution is 2.45. The SMILES string of the molecule is CCN1Cc2nc(C(F)(F)F)c3c(C(N)=O)c(N)n(-c4c(C)ccc(O)c4C)c3c2C1=O. The van der Waals surface area contributed by atoms with Crippen LogP contribution in [0, 0.1) is 13.8 Å². The standard InChI is InChI=1S/C21H20F3N5O3/c1-4-28-7-10-12(20(28)32)16-13(17(27-10)21(22,23)24)14(19(26)31)18(25)29(16)15-8(2)5-6-11(30)9(15)3/h5-6,30H,4,7,25H2,1-3H3,(H2,26,31). The van der Waals surface area contributed by atoms with Gasteiger partial charge in [-0.3, -0.25) is 14.2 Å². The minimum absolute atomic E-state index is 0.0677. The van der Waals surface area contributed by atoms with E-state index in [2.05, 4.69) is 4.98 Å². The number of carbonyl (C=O) groups is 2. The number of halogens is 3. The van der Waals surface area contributed by atoms with Gasteiger partial charge in [0.15, 0.2) is 5.69 Å². The molecule has 1 aliphatic heterocycles. The molecule has 4 rings (SSSR count). The number of fused-ring (bicyclic) bond motifs is 3. The molecule has 1 aliphatic rings. The third-order valence-corrected chi connectivity index (χ3v) is 5.78. The van der Waals surface area contributed by atoms with Gasteiger partial charge in [-0.25, -0.2) is 4.98 Å². The Bertz CT molecular complexity index is 1330. The zero-order valence-electron chi connectivity index (χ0n) is 17.5. The number of phenols is 1. The Hall–Kier alpha value is -3.76. The predicted molar refractivity (Wildman–Crippen MR) is 111 cm³/mol. The number of benzene rings is 1. The highest BCUT2D eigenvalue weighted by atomic mass is 19.4. The minimum atomic E-state index is -4.94. The van der Waals surface area contributed by atoms with Crippen LogP contribution in [0.15, 0.2) is 12.1 Å². The Morgan fingerprint density at radius 2 is 1.94 bits per heavy atom. The van der Waals surface area contributed by atoms with Crippen molar-refractivity contribution < 1.29 is 27.9 Å². The molecule has 32 heavy (non-hydrogen) atoms. The van der Waals surface area contributed by atoms with Gasteiger partial charge in [-0.05, 0) is 32.4 Å². The molecule has 1 aromatic carbocycles. The van der Waals surface area contributed by atoms with Crippen LogP contribution < -0.4 is 11.5 Å². The van der Waals surface area contributed by atoms with Gasteiger partial charge in [-0.1, -0.05) is 6.07 Å². The maximum atomic E-state index is 14.1. The van der Waals surface area contributed by atoms with Crippen molar-refractivity contribution in [3.63, 3.8) is 0 Å². The van der Waals surface area contributed by atoms with Crippen LogP contribution in [0.1, 0.15) is 50.2 Å². The van der Waals surface area contributed by atoms with Crippen LogP contribution in [-0.2, 0) is 12.7 Å². The molecular formula is C21H20F3N5O3. The summed E-state index contributed by atoms with van der Waals surface area (Å²) in [5, 5.41) is 9.63. The van der Waals surface area contributed by atoms with E-state index in [9.17, 15) is 27.9 Å². The Morgan fingerprint density at radius 3 is 2.50 bits per heavy atom. The summed E-state index contributed by atoms with van der Waals surface area (Å²) in [7, 11) is 0. The summed E-state index contributed by atoms with van der Waals surface area (Å²) in [6, 6.07) is 2.99. The first-order chi connectivity index (χ1) is 14.9. The van der Waals surface area contributed by atoms with E-state index in [-0.39, 0.29) is 47.1 Å². The number of hydrogen-bond acceptors (Lipinski definition) is 5. The fourth-order valence-electron chi connectivity index (χ4n) is 4.30. The van der Waals surface area contributed by atoms with Crippen LogP contribution in [0.25, 0.3) is 16.6 Å². The van der Waals surface area contributed by atoms with Crippen molar-refractivity contribution >= 4 is 28.5 Å². The zero-order chi connectivity index (χ0) is 23.7. The Balaban J connectivity index is 2.32. The maximum absolute atomic E-state index is 14.1. The van der Waals surface area contributed by atoms with Gasteiger partial charge in [0.2, 0.25) is 0 Å². The fraction of sp³-hybridized carbons (Fsp3) is 0.286. The van der Waals surface area contributed by atoms with Crippen molar-refractivity contribution in [3.8, 4) is 11.4 Å². The van der Waals surface area contributed by atoms with Crippen molar-refractivity contribution in [2.24, 2.45) is 5.73 Å². The predicted octanol–water partition coefficient (Wildman–Crippen LogP) is 3.02. The van der Waals surface area contributed by atoms with E-state index >= 15 is 0 Å². The summed E-state index contributed by atoms with van der Waals surface area (Å²) in [4.78, 5) is 30.5. The second-order valence-corrected chi connectivity index (χ2v) is 7.66. The van der Waals surface area contributed by atoms with Crippen LogP contribution in [0.2, 0.25) is 0 Å². The van der Waals surface area contributed by atoms with E-state index < -0.39 is 34.6 Å². The molecule has 0 unspecified atom stereocenters. The van der Waals surface area contributed by atoms with Crippen LogP contribution >= 0.6 is 0 Å². The molecule has 11 heteroatoms. The summed E-state index contributed by atoms with van der Waals surface area (Å²) < 4.78 is 43.4. The number of aromatic hydroxyl groups is 1. The Morgan fingerprint density at radius 1 is 1.28 bits per heavy atom. The quantitative estimate of drug-likeness (QED) is 0.569. The van der Waals surface area contributed by atoms with Crippen molar-refractivity contribution in [2.45, 2.75) is 33.5 Å². The largest absolute Gasteiger partial charge is 0.508 e. The van der Waals surface area contributed by atoms with E-state index in [0.717, 1.165) is 0 Å². The molecule has 2 amide bonds. The average Bonchev–Trinajstić information content (AvgIpc) is 3.18. The lowest BCUT2D eigenvalue weighted by Crippen LogP contribution is -2.23. The molecule has 2 aromatic heterocycles. The highest BCUT2D eigenvalue weighted by molar-refractivity contribution is 6.18. The number of rotatable bonds is 3. The number of primary amides is 1. The number of hydrogen-bond donors (Lipinski definition) is 3. The molecule has 168 valence electrons. The van der Waals surface area contributed by atoms with Crippen molar-refractivity contribution in [3.05, 3.63) is 45.8 Å². The number of aromatic nitrogens is 2. The third kappa shape index (κ3) is 2.80. The van der Waals surface area contributed by atoms with E-state index in [1.165, 1.54) is 15.5 Å². The molecule has 3 aromatic rings. The van der Waals surface area contributed by atoms with Crippen molar-refractivity contribution in [1.29, 1.82) is 0 Å². The molecule has 0 spiro atoms. The van der Waals surface area contributed by atoms with Crippen LogP contribution in [0.4, 0.5) is 19.0 Å². The molecule has 0 atom stereocenters. The number of aryl methyl sites for hydroxylation is 1. The van der Waals surface area contributed by atoms with Crippen LogP contribution in [-0.4, -0.2) is 37.9 Å². The number of carbonyl (C=O) groups excluding carboxylic acids is 2. The lowest BCUT2D eigenvalue weighted by atomic mass is 10.0. The molecule has 0 saturated heterocycles. The summed E-state index contributed by atoms with van der Waals surface area (Å²) in [6.07, 6.45) is -4.94. The smallest absolute Gasteiger partial charge is 0.434 e. The van der Waals surface area contributed by atoms with Gasteiger partial charge < -0.3 is 21.5 Å². The fourth-order valence-corrected chi connectivity index (χ4v) is 4.30. The molecule has 0 bridgehead atoms. The minimum Gasteiger partial charge on any atom is -0.508 e. The van der Waals surface area contributed by atoms with Gasteiger partial charge in [-0.15, -0.1) is 0 Å². The summed E-state index contributed by atoms with van der Waals surface area (Å²) >= 11 is 0. The van der Waals surface area contributed by atoms with Crippen molar-refractivity contribution in [1.82, 2.24) is 14.5 Å². The first-order valence-corrected chi connectivity index (χ1v) is 9.72. The van der Waals surface area contributed by atoms with Gasteiger partial charge in [0.05, 0.1) is 34.6 Å². The normalized spacial score (nSPS) is 13.8. The van der Waals surface area contributed by atoms with E-state index in [0.29, 0.717) is 11.1 Å². The second-order valence-electron chi connectivity index (χ2n) is 7.66. The Labute approximate surface area is 180 Å². The van der Waals surface area contributed by atoms with E-state index in [4.69, 9.17) is 11.5 Å². The average molecular weight is 447 g/mol. The lowest BCUT2D eigenvalue weighted by Gasteiger charge is -2.17. The van der Waals surface area contributed by atoms with Gasteiger partial charge in [0.1, 0.15) is 11.6 Å². The van der Waals surface area contributed by atoms with Gasteiger partial charge in [0.25, 0.3) is 11.8 Å². The first-order valence-electron chi connectivity index (χ1n) is 9.72. The number of nitrogens with zero attached hydrogens (tertiary/aromatic N) is 3. The number of nitrogen functional groups attached to an aromatic ring is 1. The molecule has 0 aliphatic carbocycles. The number of pyridine rings is 1. The molecular weight excluding hydrogens is 427 g/mol. The second kappa shape index (κ2) is 6.87. The lowest BCUT2D eigenvalue weighted by molar-refractivity contribution is -0.139. The topological polar surface area (TPSA) is 127 Å². The number of alkyl halides is 3.